The molecule has 2 aromatic rings. The number of ether oxygens (including phenoxy) is 7. The number of sulfonamides is 2. The molecule has 20 nitrogen and oxygen atoms in total. The van der Waals surface area contributed by atoms with Crippen LogP contribution in [0.3, 0.4) is 0 Å². The molecule has 26 heteroatoms. The molecule has 4 rings (SSSR count). The van der Waals surface area contributed by atoms with Crippen LogP contribution in [0.25, 0.3) is 0 Å². The fourth-order valence-corrected chi connectivity index (χ4v) is 10.6. The number of nitrogens with one attached hydrogen (secondary N) is 3. The zero-order valence-electron chi connectivity index (χ0n) is 45.6. The van der Waals surface area contributed by atoms with E-state index in [-0.39, 0.29) is 74.4 Å². The maximum Gasteiger partial charge on any atom is 0.240 e. The van der Waals surface area contributed by atoms with Crippen LogP contribution >= 0.6 is 46.4 Å². The second-order valence-electron chi connectivity index (χ2n) is 18.3. The Hall–Kier alpha value is -4.02. The van der Waals surface area contributed by atoms with Gasteiger partial charge in [-0.05, 0) is 78.9 Å². The summed E-state index contributed by atoms with van der Waals surface area (Å²) in [7, 11) is -3.83. The number of rotatable bonds is 39. The van der Waals surface area contributed by atoms with Gasteiger partial charge < -0.3 is 54.0 Å². The molecule has 0 aliphatic carbocycles. The summed E-state index contributed by atoms with van der Waals surface area (Å²) in [6.07, 6.45) is 16.5. The van der Waals surface area contributed by atoms with Gasteiger partial charge in [-0.1, -0.05) is 96.2 Å². The van der Waals surface area contributed by atoms with Crippen LogP contribution in [0.15, 0.2) is 136 Å². The summed E-state index contributed by atoms with van der Waals surface area (Å²) in [6.45, 7) is 23.3. The van der Waals surface area contributed by atoms with Crippen molar-refractivity contribution < 1.29 is 50.0 Å². The predicted molar refractivity (Wildman–Crippen MR) is 317 cm³/mol. The van der Waals surface area contributed by atoms with Crippen molar-refractivity contribution in [2.24, 2.45) is 11.7 Å². The van der Waals surface area contributed by atoms with Crippen LogP contribution in [-0.4, -0.2) is 181 Å². The van der Waals surface area contributed by atoms with E-state index in [2.05, 4.69) is 56.3 Å². The van der Waals surface area contributed by atoms with Gasteiger partial charge in [0.2, 0.25) is 20.0 Å². The molecule has 1 aromatic heterocycles. The molecule has 444 valence electrons. The number of hydrogen-bond acceptors (Lipinski definition) is 17. The van der Waals surface area contributed by atoms with Crippen LogP contribution in [0.1, 0.15) is 22.7 Å². The van der Waals surface area contributed by atoms with Gasteiger partial charge in [-0.3, -0.25) is 0 Å². The second-order valence-corrected chi connectivity index (χ2v) is 23.6. The first-order valence-corrected chi connectivity index (χ1v) is 30.2. The van der Waals surface area contributed by atoms with Gasteiger partial charge >= 0.3 is 0 Å². The summed E-state index contributed by atoms with van der Waals surface area (Å²) >= 11 is 25.3. The molecule has 0 spiro atoms. The Bertz CT molecular complexity index is 2750. The second kappa shape index (κ2) is 37.2. The molecule has 5 N–H and O–H groups in total. The largest absolute Gasteiger partial charge is 0.399 e. The Morgan fingerprint density at radius 1 is 0.762 bits per heavy atom. The topological polar surface area (TPSA) is 232 Å². The Balaban J connectivity index is 0.937. The van der Waals surface area contributed by atoms with E-state index in [9.17, 15) is 16.8 Å². The normalized spacial score (nSPS) is 18.9. The first kappa shape index (κ1) is 68.5. The fourth-order valence-electron chi connectivity index (χ4n) is 7.71. The van der Waals surface area contributed by atoms with Crippen molar-refractivity contribution in [2.45, 2.75) is 25.6 Å². The quantitative estimate of drug-likeness (QED) is 0.0427. The van der Waals surface area contributed by atoms with Gasteiger partial charge in [0.1, 0.15) is 5.69 Å². The lowest BCUT2D eigenvalue weighted by molar-refractivity contribution is 0.0138. The minimum atomic E-state index is -3.87. The molecule has 0 bridgehead atoms. The first-order chi connectivity index (χ1) is 38.3. The standard InChI is InChI=1S/C54H77Cl4N9O11S2/c1-7-43(52-37-66(6)38-53-51(52)32-47(57)33-54(53)58)30-42(4)79(68,69)61-13-18-73-22-26-76-25-21-72-17-12-60-34-48(59)39-78-40-49-36-67(64-63-49)16-20-75-24-28-77-27-23-74-19-14-62-80(70,71)50(8-2)29-41(3)44-9-10-45(55)31-46(56)11-15-65(5)35-44/h7-11,29-34,36,44,52,60-62H,1-4,12-28,35,37-40,59H2,5-6H3/b10-9+,43-30+,45-31+,46-11-,48-34-,50-29+. The number of allylic oxidation sites excluding steroid dienone is 8. The van der Waals surface area contributed by atoms with Gasteiger partial charge in [-0.25, -0.2) is 31.0 Å². The van der Waals surface area contributed by atoms with Gasteiger partial charge in [-0.15, -0.1) is 5.10 Å². The average Bonchev–Trinajstić information content (AvgIpc) is 3.97. The highest BCUT2D eigenvalue weighted by Crippen LogP contribution is 2.39. The third-order valence-electron chi connectivity index (χ3n) is 11.8. The van der Waals surface area contributed by atoms with Crippen molar-refractivity contribution in [2.75, 3.05) is 139 Å². The number of fused-ring (bicyclic) bond motifs is 1. The van der Waals surface area contributed by atoms with Gasteiger partial charge in [0.15, 0.2) is 0 Å². The van der Waals surface area contributed by atoms with E-state index >= 15 is 0 Å². The molecule has 2 unspecified atom stereocenters. The maximum absolute atomic E-state index is 13.0. The van der Waals surface area contributed by atoms with Crippen molar-refractivity contribution in [1.29, 1.82) is 0 Å². The summed E-state index contributed by atoms with van der Waals surface area (Å²) in [5.41, 5.74) is 10.4. The molecule has 0 amide bonds. The summed E-state index contributed by atoms with van der Waals surface area (Å²) in [6, 6.07) is 3.58. The molecular weight excluding hydrogens is 1160 g/mol. The first-order valence-electron chi connectivity index (χ1n) is 25.7. The Kier molecular flexibility index (Phi) is 31.9. The Morgan fingerprint density at radius 3 is 2.01 bits per heavy atom. The lowest BCUT2D eigenvalue weighted by Crippen LogP contribution is -2.32. The Morgan fingerprint density at radius 2 is 1.38 bits per heavy atom. The molecule has 0 saturated carbocycles. The minimum absolute atomic E-state index is 0.00266. The molecule has 2 atom stereocenters. The van der Waals surface area contributed by atoms with Crippen LogP contribution in [0.4, 0.5) is 0 Å². The third-order valence-corrected chi connectivity index (χ3v) is 15.7. The predicted octanol–water partition coefficient (Wildman–Crippen LogP) is 6.27. The number of hydrogen-bond donors (Lipinski definition) is 4. The maximum atomic E-state index is 13.0. The monoisotopic (exact) mass is 1230 g/mol. The van der Waals surface area contributed by atoms with Crippen LogP contribution in [0, 0.1) is 5.92 Å². The summed E-state index contributed by atoms with van der Waals surface area (Å²) in [4.78, 5) is 4.06. The molecule has 3 heterocycles. The van der Waals surface area contributed by atoms with Gasteiger partial charge in [0.05, 0.1) is 121 Å². The van der Waals surface area contributed by atoms with Crippen LogP contribution in [-0.2, 0) is 72.9 Å². The lowest BCUT2D eigenvalue weighted by Gasteiger charge is -2.34. The van der Waals surface area contributed by atoms with E-state index in [4.69, 9.17) is 85.3 Å². The number of likely N-dealkylation sites (N-methyl/N-ethyl adjacent to an activating group) is 2. The van der Waals surface area contributed by atoms with Crippen molar-refractivity contribution in [3.05, 3.63) is 163 Å². The van der Waals surface area contributed by atoms with Gasteiger partial charge in [0, 0.05) is 84.0 Å². The van der Waals surface area contributed by atoms with Crippen molar-refractivity contribution in [3.63, 3.8) is 0 Å². The molecule has 2 aliphatic heterocycles. The highest BCUT2D eigenvalue weighted by Gasteiger charge is 2.28. The molecule has 80 heavy (non-hydrogen) atoms. The molecule has 0 fully saturated rings. The number of halogens is 4. The van der Waals surface area contributed by atoms with Gasteiger partial charge in [0.25, 0.3) is 0 Å². The SMILES string of the molecule is C=C/C(=C\C(=C)S(=O)(=O)NCCOCCOCCOCCN/C=C(\N)COCc1cn(CCOCCOCCOCCNS(=O)(=O)/C(C=C)=C/C(=C)C2/C=C/C(Cl)=C\C(Cl)=C\CN(C)C2)nn1)C1CN(C)Cc2c(Cl)cc(Cl)cc21. The summed E-state index contributed by atoms with van der Waals surface area (Å²) < 4.78 is 97.8. The molecule has 0 saturated heterocycles. The van der Waals surface area contributed by atoms with E-state index in [0.717, 1.165) is 11.1 Å². The van der Waals surface area contributed by atoms with Crippen LogP contribution in [0.2, 0.25) is 10.0 Å². The molecular formula is C54H77Cl4N9O11S2. The summed E-state index contributed by atoms with van der Waals surface area (Å²) in [5.74, 6) is -0.392. The van der Waals surface area contributed by atoms with E-state index in [0.29, 0.717) is 135 Å². The van der Waals surface area contributed by atoms with Gasteiger partial charge in [-0.2, -0.15) is 0 Å². The number of nitrogens with two attached hydrogens (primary N) is 1. The molecule has 1 aromatic carbocycles. The lowest BCUT2D eigenvalue weighted by atomic mass is 9.84. The highest BCUT2D eigenvalue weighted by molar-refractivity contribution is 7.93. The Labute approximate surface area is 492 Å². The van der Waals surface area contributed by atoms with Crippen molar-refractivity contribution >= 4 is 66.5 Å². The average molecular weight is 1230 g/mol. The van der Waals surface area contributed by atoms with Crippen molar-refractivity contribution in [1.82, 2.24) is 39.6 Å². The van der Waals surface area contributed by atoms with E-state index in [1.54, 1.807) is 41.4 Å². The van der Waals surface area contributed by atoms with E-state index in [1.165, 1.54) is 18.2 Å². The molecule has 2 aliphatic rings. The zero-order valence-corrected chi connectivity index (χ0v) is 50.3. The highest BCUT2D eigenvalue weighted by atomic mass is 35.5. The van der Waals surface area contributed by atoms with Crippen molar-refractivity contribution in [3.8, 4) is 0 Å². The third kappa shape index (κ3) is 26.1. The van der Waals surface area contributed by atoms with E-state index < -0.39 is 20.0 Å². The zero-order chi connectivity index (χ0) is 58.3. The number of nitrogens with zero attached hydrogens (tertiary/aromatic N) is 5. The molecule has 0 radical (unpaired) electrons. The van der Waals surface area contributed by atoms with Crippen LogP contribution in [0.5, 0.6) is 0 Å². The number of benzene rings is 1. The fraction of sp³-hybridized carbons (Fsp3) is 0.481. The smallest absolute Gasteiger partial charge is 0.240 e. The number of aromatic nitrogens is 3. The van der Waals surface area contributed by atoms with E-state index in [1.807, 2.05) is 37.2 Å². The summed E-state index contributed by atoms with van der Waals surface area (Å²) in [5, 5.41) is 13.4. The minimum Gasteiger partial charge on any atom is -0.399 e. The van der Waals surface area contributed by atoms with Crippen LogP contribution < -0.4 is 20.5 Å².